The molecule has 0 N–H and O–H groups in total. The van der Waals surface area contributed by atoms with Crippen LogP contribution in [0.15, 0.2) is 54.6 Å². The van der Waals surface area contributed by atoms with Crippen LogP contribution in [0.25, 0.3) is 0 Å². The number of carbonyl (C=O) groups is 1. The van der Waals surface area contributed by atoms with Crippen LogP contribution < -0.4 is 9.47 Å². The van der Waals surface area contributed by atoms with E-state index in [2.05, 4.69) is 0 Å². The number of benzene rings is 2. The summed E-state index contributed by atoms with van der Waals surface area (Å²) < 4.78 is 16.5. The van der Waals surface area contributed by atoms with E-state index in [0.29, 0.717) is 31.3 Å². The van der Waals surface area contributed by atoms with Gasteiger partial charge in [-0.25, -0.2) is 0 Å². The number of methoxy groups -OCH3 is 1. The van der Waals surface area contributed by atoms with Gasteiger partial charge in [0.2, 0.25) is 0 Å². The molecule has 1 unspecified atom stereocenters. The van der Waals surface area contributed by atoms with Crippen LogP contribution >= 0.6 is 0 Å². The van der Waals surface area contributed by atoms with Crippen molar-refractivity contribution in [3.8, 4) is 11.5 Å². The normalized spacial score (nSPS) is 17.4. The fourth-order valence-electron chi connectivity index (χ4n) is 2.81. The van der Waals surface area contributed by atoms with E-state index in [4.69, 9.17) is 14.2 Å². The van der Waals surface area contributed by atoms with E-state index in [0.717, 1.165) is 5.56 Å². The van der Waals surface area contributed by atoms with Gasteiger partial charge in [0.15, 0.2) is 18.1 Å². The number of morpholine rings is 1. The number of hydrogen-bond acceptors (Lipinski definition) is 4. The Morgan fingerprint density at radius 1 is 1.12 bits per heavy atom. The zero-order chi connectivity index (χ0) is 16.8. The molecule has 1 heterocycles. The molecule has 0 aliphatic carbocycles. The summed E-state index contributed by atoms with van der Waals surface area (Å²) in [6.07, 6.45) is 0. The van der Waals surface area contributed by atoms with Gasteiger partial charge in [0.05, 0.1) is 26.4 Å². The van der Waals surface area contributed by atoms with Crippen LogP contribution in [-0.4, -0.2) is 44.3 Å². The van der Waals surface area contributed by atoms with Crippen molar-refractivity contribution in [3.05, 3.63) is 60.2 Å². The summed E-state index contributed by atoms with van der Waals surface area (Å²) in [6, 6.07) is 17.2. The molecule has 5 heteroatoms. The molecule has 2 aromatic carbocycles. The summed E-state index contributed by atoms with van der Waals surface area (Å²) in [5.41, 5.74) is 1.07. The summed E-state index contributed by atoms with van der Waals surface area (Å²) in [4.78, 5) is 14.5. The lowest BCUT2D eigenvalue weighted by molar-refractivity contribution is -0.142. The lowest BCUT2D eigenvalue weighted by Gasteiger charge is -2.35. The number of hydrogen-bond donors (Lipinski definition) is 0. The Balaban J connectivity index is 1.68. The summed E-state index contributed by atoms with van der Waals surface area (Å²) in [6.45, 7) is 1.59. The molecule has 2 aromatic rings. The Kier molecular flexibility index (Phi) is 5.33. The highest BCUT2D eigenvalue weighted by Crippen LogP contribution is 2.27. The van der Waals surface area contributed by atoms with E-state index >= 15 is 0 Å². The maximum absolute atomic E-state index is 12.7. The molecule has 0 spiro atoms. The zero-order valence-electron chi connectivity index (χ0n) is 13.7. The summed E-state index contributed by atoms with van der Waals surface area (Å²) in [5.74, 6) is 1.13. The van der Waals surface area contributed by atoms with E-state index in [1.807, 2.05) is 47.4 Å². The second-order valence-corrected chi connectivity index (χ2v) is 5.53. The predicted octanol–water partition coefficient (Wildman–Crippen LogP) is 2.67. The van der Waals surface area contributed by atoms with Gasteiger partial charge in [-0.15, -0.1) is 0 Å². The van der Waals surface area contributed by atoms with Gasteiger partial charge in [0.1, 0.15) is 0 Å². The van der Waals surface area contributed by atoms with E-state index in [9.17, 15) is 4.79 Å². The lowest BCUT2D eigenvalue weighted by atomic mass is 10.1. The van der Waals surface area contributed by atoms with Gasteiger partial charge in [-0.1, -0.05) is 42.5 Å². The Morgan fingerprint density at radius 2 is 1.83 bits per heavy atom. The maximum atomic E-state index is 12.7. The van der Waals surface area contributed by atoms with Crippen molar-refractivity contribution in [3.63, 3.8) is 0 Å². The van der Waals surface area contributed by atoms with Gasteiger partial charge in [-0.2, -0.15) is 0 Å². The van der Waals surface area contributed by atoms with Gasteiger partial charge < -0.3 is 19.1 Å². The van der Waals surface area contributed by atoms with Crippen molar-refractivity contribution in [2.75, 3.05) is 33.5 Å². The summed E-state index contributed by atoms with van der Waals surface area (Å²) >= 11 is 0. The lowest BCUT2D eigenvalue weighted by Crippen LogP contribution is -2.45. The SMILES string of the molecule is COc1ccccc1OCC(=O)N1CCOCC1c1ccccc1. The van der Waals surface area contributed by atoms with Crippen molar-refractivity contribution in [2.45, 2.75) is 6.04 Å². The molecular weight excluding hydrogens is 306 g/mol. The van der Waals surface area contributed by atoms with Crippen LogP contribution in [-0.2, 0) is 9.53 Å². The number of carbonyl (C=O) groups excluding carboxylic acids is 1. The second kappa shape index (κ2) is 7.84. The van der Waals surface area contributed by atoms with Crippen LogP contribution in [0, 0.1) is 0 Å². The van der Waals surface area contributed by atoms with Gasteiger partial charge in [0, 0.05) is 6.54 Å². The van der Waals surface area contributed by atoms with Crippen LogP contribution in [0.5, 0.6) is 11.5 Å². The molecule has 0 aromatic heterocycles. The van der Waals surface area contributed by atoms with Crippen molar-refractivity contribution in [1.29, 1.82) is 0 Å². The fraction of sp³-hybridized carbons (Fsp3) is 0.316. The first-order chi connectivity index (χ1) is 11.8. The van der Waals surface area contributed by atoms with Crippen molar-refractivity contribution < 1.29 is 19.0 Å². The highest BCUT2D eigenvalue weighted by molar-refractivity contribution is 5.78. The minimum absolute atomic E-state index is 0.0241. The number of nitrogens with zero attached hydrogens (tertiary/aromatic N) is 1. The molecule has 1 fully saturated rings. The van der Waals surface area contributed by atoms with Crippen LogP contribution in [0.3, 0.4) is 0 Å². The first-order valence-corrected chi connectivity index (χ1v) is 7.97. The molecule has 0 radical (unpaired) electrons. The Bertz CT molecular complexity index is 674. The third-order valence-corrected chi connectivity index (χ3v) is 4.05. The molecule has 0 saturated carbocycles. The molecule has 5 nitrogen and oxygen atoms in total. The highest BCUT2D eigenvalue weighted by Gasteiger charge is 2.28. The van der Waals surface area contributed by atoms with Crippen LogP contribution in [0.1, 0.15) is 11.6 Å². The van der Waals surface area contributed by atoms with Crippen LogP contribution in [0.2, 0.25) is 0 Å². The average Bonchev–Trinajstić information content (AvgIpc) is 2.67. The minimum Gasteiger partial charge on any atom is -0.493 e. The number of ether oxygens (including phenoxy) is 3. The molecular formula is C19H21NO4. The fourth-order valence-corrected chi connectivity index (χ4v) is 2.81. The van der Waals surface area contributed by atoms with Gasteiger partial charge in [0.25, 0.3) is 5.91 Å². The minimum atomic E-state index is -0.0753. The second-order valence-electron chi connectivity index (χ2n) is 5.53. The predicted molar refractivity (Wildman–Crippen MR) is 90.2 cm³/mol. The Morgan fingerprint density at radius 3 is 2.58 bits per heavy atom. The van der Waals surface area contributed by atoms with Crippen molar-refractivity contribution >= 4 is 5.91 Å². The quantitative estimate of drug-likeness (QED) is 0.847. The number of amides is 1. The van der Waals surface area contributed by atoms with E-state index in [1.165, 1.54) is 0 Å². The standard InChI is InChI=1S/C19H21NO4/c1-22-17-9-5-6-10-18(17)24-14-19(21)20-11-12-23-13-16(20)15-7-3-2-4-8-15/h2-10,16H,11-14H2,1H3. The Hall–Kier alpha value is -2.53. The maximum Gasteiger partial charge on any atom is 0.261 e. The molecule has 24 heavy (non-hydrogen) atoms. The molecule has 1 aliphatic heterocycles. The first kappa shape index (κ1) is 16.3. The largest absolute Gasteiger partial charge is 0.493 e. The summed E-state index contributed by atoms with van der Waals surface area (Å²) in [7, 11) is 1.58. The topological polar surface area (TPSA) is 48.0 Å². The Labute approximate surface area is 141 Å². The van der Waals surface area contributed by atoms with Crippen molar-refractivity contribution in [2.24, 2.45) is 0 Å². The first-order valence-electron chi connectivity index (χ1n) is 7.97. The van der Waals surface area contributed by atoms with Gasteiger partial charge in [-0.3, -0.25) is 4.79 Å². The van der Waals surface area contributed by atoms with E-state index < -0.39 is 0 Å². The van der Waals surface area contributed by atoms with E-state index in [-0.39, 0.29) is 18.6 Å². The zero-order valence-corrected chi connectivity index (χ0v) is 13.7. The molecule has 1 aliphatic rings. The molecule has 1 atom stereocenters. The van der Waals surface area contributed by atoms with Crippen molar-refractivity contribution in [1.82, 2.24) is 4.90 Å². The average molecular weight is 327 g/mol. The monoisotopic (exact) mass is 327 g/mol. The molecule has 3 rings (SSSR count). The molecule has 0 bridgehead atoms. The van der Waals surface area contributed by atoms with Gasteiger partial charge >= 0.3 is 0 Å². The van der Waals surface area contributed by atoms with E-state index in [1.54, 1.807) is 19.2 Å². The number of rotatable bonds is 5. The third-order valence-electron chi connectivity index (χ3n) is 4.05. The smallest absolute Gasteiger partial charge is 0.261 e. The van der Waals surface area contributed by atoms with Crippen LogP contribution in [0.4, 0.5) is 0 Å². The number of para-hydroxylation sites is 2. The van der Waals surface area contributed by atoms with Gasteiger partial charge in [-0.05, 0) is 17.7 Å². The molecule has 1 amide bonds. The highest BCUT2D eigenvalue weighted by atomic mass is 16.5. The third kappa shape index (κ3) is 3.68. The molecule has 1 saturated heterocycles. The molecule has 126 valence electrons. The summed E-state index contributed by atoms with van der Waals surface area (Å²) in [5, 5.41) is 0.